The lowest BCUT2D eigenvalue weighted by molar-refractivity contribution is 0.318. The van der Waals surface area contributed by atoms with Gasteiger partial charge >= 0.3 is 0 Å². The molecule has 41 heavy (non-hydrogen) atoms. The molecular formula is C37H40N2O2. The van der Waals surface area contributed by atoms with Crippen LogP contribution < -0.4 is 0 Å². The molecule has 3 N–H and O–H groups in total. The molecule has 0 amide bonds. The fourth-order valence-corrected chi connectivity index (χ4v) is 4.04. The summed E-state index contributed by atoms with van der Waals surface area (Å²) in [7, 11) is 0. The Labute approximate surface area is 244 Å². The Balaban J connectivity index is 0.000000710. The van der Waals surface area contributed by atoms with E-state index in [9.17, 15) is 0 Å². The molecule has 0 radical (unpaired) electrons. The molecule has 0 spiro atoms. The van der Waals surface area contributed by atoms with Crippen LogP contribution in [0.25, 0.3) is 33.9 Å². The van der Waals surface area contributed by atoms with Crippen molar-refractivity contribution < 1.29 is 10.2 Å². The number of aromatic amines is 1. The fraction of sp³-hybridized carbons (Fsp3) is 0.216. The predicted molar refractivity (Wildman–Crippen MR) is 172 cm³/mol. The van der Waals surface area contributed by atoms with Crippen molar-refractivity contribution >= 4 is 0 Å². The lowest BCUT2D eigenvalue weighted by Gasteiger charge is -2.18. The number of nitrogens with one attached hydrogen (secondary N) is 1. The molecule has 1 heterocycles. The molecule has 1 aromatic heterocycles. The summed E-state index contributed by atoms with van der Waals surface area (Å²) in [6.07, 6.45) is 0. The van der Waals surface area contributed by atoms with E-state index in [1.165, 1.54) is 5.56 Å². The lowest BCUT2D eigenvalue weighted by atomic mass is 9.87. The van der Waals surface area contributed by atoms with Crippen molar-refractivity contribution in [3.63, 3.8) is 0 Å². The highest BCUT2D eigenvalue weighted by atomic mass is 16.3. The molecule has 0 saturated heterocycles. The topological polar surface area (TPSA) is 69.1 Å². The number of aliphatic hydroxyl groups is 2. The maximum atomic E-state index is 7.57. The van der Waals surface area contributed by atoms with E-state index in [1.54, 1.807) is 13.8 Å². The molecule has 0 aliphatic carbocycles. The average Bonchev–Trinajstić information content (AvgIpc) is 3.44. The fourth-order valence-electron chi connectivity index (χ4n) is 4.04. The van der Waals surface area contributed by atoms with Gasteiger partial charge in [0, 0.05) is 41.0 Å². The monoisotopic (exact) mass is 544 g/mol. The summed E-state index contributed by atoms with van der Waals surface area (Å²) in [6.45, 7) is 10.5. The van der Waals surface area contributed by atoms with E-state index < -0.39 is 0 Å². The van der Waals surface area contributed by atoms with E-state index in [2.05, 4.69) is 123 Å². The number of aromatic nitrogens is 2. The minimum Gasteiger partial charge on any atom is -0.397 e. The molecule has 0 unspecified atom stereocenters. The molecule has 0 bridgehead atoms. The molecule has 4 heteroatoms. The third-order valence-corrected chi connectivity index (χ3v) is 6.07. The zero-order valence-corrected chi connectivity index (χ0v) is 24.6. The van der Waals surface area contributed by atoms with Crippen molar-refractivity contribution in [1.82, 2.24) is 9.97 Å². The molecule has 210 valence electrons. The van der Waals surface area contributed by atoms with Gasteiger partial charge in [-0.1, -0.05) is 118 Å². The van der Waals surface area contributed by atoms with Crippen LogP contribution in [0.4, 0.5) is 0 Å². The Morgan fingerprint density at radius 2 is 1.05 bits per heavy atom. The zero-order chi connectivity index (χ0) is 29.7. The standard InChI is InChI=1S/C33H28N2.2C2H6O/c1-33(2,3)29-22-18-25(19-23-29)15-14-24-16-20-28(21-17-24)32-34-30(26-10-6-4-7-11-26)31(35-32)27-12-8-5-9-13-27;2*1-2-3/h4-13,16-23H,1-3H3,(H,34,35);2*3H,2H2,1H3. The minimum atomic E-state index is 0.147. The highest BCUT2D eigenvalue weighted by Gasteiger charge is 2.15. The van der Waals surface area contributed by atoms with Gasteiger partial charge in [0.15, 0.2) is 0 Å². The number of benzene rings is 4. The van der Waals surface area contributed by atoms with Crippen LogP contribution in [0.2, 0.25) is 0 Å². The number of hydrogen-bond donors (Lipinski definition) is 3. The molecule has 0 fully saturated rings. The molecule has 0 aliphatic heterocycles. The van der Waals surface area contributed by atoms with Gasteiger partial charge in [-0.05, 0) is 49.1 Å². The average molecular weight is 545 g/mol. The second-order valence-corrected chi connectivity index (χ2v) is 10.3. The summed E-state index contributed by atoms with van der Waals surface area (Å²) in [6, 6.07) is 37.4. The van der Waals surface area contributed by atoms with E-state index in [0.29, 0.717) is 0 Å². The number of aliphatic hydroxyl groups excluding tert-OH is 2. The highest BCUT2D eigenvalue weighted by molar-refractivity contribution is 5.81. The zero-order valence-electron chi connectivity index (χ0n) is 24.6. The first kappa shape index (κ1) is 31.1. The van der Waals surface area contributed by atoms with Crippen molar-refractivity contribution in [2.24, 2.45) is 0 Å². The van der Waals surface area contributed by atoms with Crippen LogP contribution in [0.3, 0.4) is 0 Å². The van der Waals surface area contributed by atoms with Crippen molar-refractivity contribution in [3.05, 3.63) is 126 Å². The van der Waals surface area contributed by atoms with Gasteiger partial charge in [-0.15, -0.1) is 0 Å². The van der Waals surface area contributed by atoms with E-state index in [4.69, 9.17) is 15.2 Å². The molecule has 5 rings (SSSR count). The third kappa shape index (κ3) is 9.05. The smallest absolute Gasteiger partial charge is 0.138 e. The first-order valence-corrected chi connectivity index (χ1v) is 14.0. The third-order valence-electron chi connectivity index (χ3n) is 6.07. The summed E-state index contributed by atoms with van der Waals surface area (Å²) in [5.74, 6) is 7.41. The normalized spacial score (nSPS) is 10.3. The van der Waals surface area contributed by atoms with Crippen LogP contribution in [0.15, 0.2) is 109 Å². The van der Waals surface area contributed by atoms with Crippen molar-refractivity contribution in [1.29, 1.82) is 0 Å². The van der Waals surface area contributed by atoms with Crippen LogP contribution in [-0.4, -0.2) is 33.4 Å². The summed E-state index contributed by atoms with van der Waals surface area (Å²) >= 11 is 0. The summed E-state index contributed by atoms with van der Waals surface area (Å²) in [4.78, 5) is 8.55. The Hall–Kier alpha value is -4.43. The van der Waals surface area contributed by atoms with Crippen molar-refractivity contribution in [3.8, 4) is 45.7 Å². The summed E-state index contributed by atoms with van der Waals surface area (Å²) in [5, 5.41) is 15.1. The van der Waals surface area contributed by atoms with Gasteiger partial charge < -0.3 is 15.2 Å². The Morgan fingerprint density at radius 3 is 1.51 bits per heavy atom. The minimum absolute atomic E-state index is 0.147. The molecule has 0 saturated carbocycles. The maximum absolute atomic E-state index is 7.57. The molecule has 4 nitrogen and oxygen atoms in total. The van der Waals surface area contributed by atoms with Gasteiger partial charge in [-0.3, -0.25) is 0 Å². The van der Waals surface area contributed by atoms with Gasteiger partial charge in [0.2, 0.25) is 0 Å². The van der Waals surface area contributed by atoms with Gasteiger partial charge in [0.25, 0.3) is 0 Å². The Morgan fingerprint density at radius 1 is 0.610 bits per heavy atom. The number of hydrogen-bond acceptors (Lipinski definition) is 3. The summed E-state index contributed by atoms with van der Waals surface area (Å²) < 4.78 is 0. The van der Waals surface area contributed by atoms with Gasteiger partial charge in [-0.2, -0.15) is 0 Å². The summed E-state index contributed by atoms with van der Waals surface area (Å²) in [5.41, 5.74) is 8.68. The number of H-pyrrole nitrogens is 1. The quantitative estimate of drug-likeness (QED) is 0.201. The van der Waals surface area contributed by atoms with E-state index >= 15 is 0 Å². The largest absolute Gasteiger partial charge is 0.397 e. The molecule has 4 aromatic carbocycles. The van der Waals surface area contributed by atoms with Crippen molar-refractivity contribution in [2.75, 3.05) is 13.2 Å². The Kier molecular flexibility index (Phi) is 11.7. The Bertz CT molecular complexity index is 1460. The highest BCUT2D eigenvalue weighted by Crippen LogP contribution is 2.33. The number of imidazole rings is 1. The molecular weight excluding hydrogens is 504 g/mol. The van der Waals surface area contributed by atoms with Gasteiger partial charge in [0.05, 0.1) is 11.4 Å². The lowest BCUT2D eigenvalue weighted by Crippen LogP contribution is -2.10. The van der Waals surface area contributed by atoms with Crippen LogP contribution in [0.1, 0.15) is 51.3 Å². The first-order valence-electron chi connectivity index (χ1n) is 14.0. The van der Waals surface area contributed by atoms with Crippen LogP contribution >= 0.6 is 0 Å². The second kappa shape index (κ2) is 15.4. The number of nitrogens with zero attached hydrogens (tertiary/aromatic N) is 1. The van der Waals surface area contributed by atoms with E-state index in [-0.39, 0.29) is 18.6 Å². The van der Waals surface area contributed by atoms with Crippen LogP contribution in [0, 0.1) is 11.8 Å². The SMILES string of the molecule is CC(C)(C)c1ccc(C#Cc2ccc(-c3nc(-c4ccccc4)c(-c4ccccc4)[nH]3)cc2)cc1.CCO.CCO. The first-order chi connectivity index (χ1) is 19.8. The molecule has 5 aromatic rings. The number of rotatable bonds is 3. The van der Waals surface area contributed by atoms with Gasteiger partial charge in [-0.25, -0.2) is 4.98 Å². The molecule has 0 atom stereocenters. The second-order valence-electron chi connectivity index (χ2n) is 10.3. The van der Waals surface area contributed by atoms with Crippen molar-refractivity contribution in [2.45, 2.75) is 40.0 Å². The predicted octanol–water partition coefficient (Wildman–Crippen LogP) is 8.11. The van der Waals surface area contributed by atoms with Gasteiger partial charge in [0.1, 0.15) is 5.82 Å². The van der Waals surface area contributed by atoms with Crippen LogP contribution in [-0.2, 0) is 5.41 Å². The molecule has 0 aliphatic rings. The van der Waals surface area contributed by atoms with E-state index in [1.807, 2.05) is 24.3 Å². The maximum Gasteiger partial charge on any atom is 0.138 e. The van der Waals surface area contributed by atoms with Crippen LogP contribution in [0.5, 0.6) is 0 Å². The van der Waals surface area contributed by atoms with E-state index in [0.717, 1.165) is 45.0 Å².